The van der Waals surface area contributed by atoms with E-state index in [1.54, 1.807) is 12.7 Å². The van der Waals surface area contributed by atoms with Crippen molar-refractivity contribution in [3.05, 3.63) is 63.2 Å². The van der Waals surface area contributed by atoms with Gasteiger partial charge in [-0.1, -0.05) is 18.2 Å². The SMILES string of the molecule is COc1cc(CO)ccc1C12CC3CC(C1)CC(c1c(C)c(C)cc(C)c1C)(C3)C2. The third-order valence-electron chi connectivity index (χ3n) is 8.98. The van der Waals surface area contributed by atoms with Crippen LogP contribution in [0.25, 0.3) is 0 Å². The number of hydrogen-bond acceptors (Lipinski definition) is 2. The Bertz CT molecular complexity index is 962. The van der Waals surface area contributed by atoms with Crippen molar-refractivity contribution in [3.63, 3.8) is 0 Å². The first-order valence-electron chi connectivity index (χ1n) is 11.7. The quantitative estimate of drug-likeness (QED) is 0.656. The number of ether oxygens (including phenoxy) is 1. The van der Waals surface area contributed by atoms with Crippen molar-refractivity contribution in [1.29, 1.82) is 0 Å². The maximum absolute atomic E-state index is 9.63. The van der Waals surface area contributed by atoms with Crippen molar-refractivity contribution in [1.82, 2.24) is 0 Å². The van der Waals surface area contributed by atoms with Crippen molar-refractivity contribution in [3.8, 4) is 5.75 Å². The van der Waals surface area contributed by atoms with Gasteiger partial charge in [-0.05, 0) is 123 Å². The highest BCUT2D eigenvalue weighted by Crippen LogP contribution is 2.67. The lowest BCUT2D eigenvalue weighted by atomic mass is 9.41. The van der Waals surface area contributed by atoms with E-state index in [2.05, 4.69) is 52.0 Å². The number of aryl methyl sites for hydroxylation is 2. The summed E-state index contributed by atoms with van der Waals surface area (Å²) in [5.41, 5.74) is 10.5. The first kappa shape index (κ1) is 20.1. The Morgan fingerprint density at radius 1 is 0.900 bits per heavy atom. The summed E-state index contributed by atoms with van der Waals surface area (Å²) < 4.78 is 5.89. The van der Waals surface area contributed by atoms with Crippen LogP contribution in [0, 0.1) is 39.5 Å². The summed E-state index contributed by atoms with van der Waals surface area (Å²) in [6, 6.07) is 8.82. The lowest BCUT2D eigenvalue weighted by Gasteiger charge is -2.63. The van der Waals surface area contributed by atoms with E-state index in [0.717, 1.165) is 23.1 Å². The van der Waals surface area contributed by atoms with Crippen LogP contribution in [0.4, 0.5) is 0 Å². The van der Waals surface area contributed by atoms with Gasteiger partial charge >= 0.3 is 0 Å². The molecule has 0 amide bonds. The molecule has 160 valence electrons. The van der Waals surface area contributed by atoms with Crippen LogP contribution in [0.1, 0.15) is 77.5 Å². The number of benzene rings is 2. The highest BCUT2D eigenvalue weighted by atomic mass is 16.5. The second-order valence-corrected chi connectivity index (χ2v) is 10.8. The largest absolute Gasteiger partial charge is 0.496 e. The zero-order chi connectivity index (χ0) is 21.3. The van der Waals surface area contributed by atoms with E-state index in [1.807, 2.05) is 0 Å². The van der Waals surface area contributed by atoms with Crippen LogP contribution in [-0.4, -0.2) is 12.2 Å². The van der Waals surface area contributed by atoms with Gasteiger partial charge in [-0.2, -0.15) is 0 Å². The zero-order valence-electron chi connectivity index (χ0n) is 19.3. The van der Waals surface area contributed by atoms with E-state index in [1.165, 1.54) is 66.3 Å². The maximum Gasteiger partial charge on any atom is 0.122 e. The minimum Gasteiger partial charge on any atom is -0.496 e. The highest BCUT2D eigenvalue weighted by Gasteiger charge is 2.59. The molecule has 4 aliphatic carbocycles. The molecule has 6 rings (SSSR count). The molecule has 4 fully saturated rings. The molecule has 2 heteroatoms. The van der Waals surface area contributed by atoms with Crippen molar-refractivity contribution in [2.75, 3.05) is 7.11 Å². The van der Waals surface area contributed by atoms with Crippen molar-refractivity contribution in [2.24, 2.45) is 11.8 Å². The minimum atomic E-state index is 0.0692. The van der Waals surface area contributed by atoms with Crippen LogP contribution in [0.2, 0.25) is 0 Å². The number of rotatable bonds is 4. The molecule has 4 aliphatic rings. The van der Waals surface area contributed by atoms with Crippen LogP contribution in [0.15, 0.2) is 24.3 Å². The third kappa shape index (κ3) is 2.79. The van der Waals surface area contributed by atoms with E-state index in [4.69, 9.17) is 4.74 Å². The normalized spacial score (nSPS) is 31.9. The van der Waals surface area contributed by atoms with Crippen LogP contribution in [-0.2, 0) is 17.4 Å². The lowest BCUT2D eigenvalue weighted by Crippen LogP contribution is -2.56. The van der Waals surface area contributed by atoms with Gasteiger partial charge < -0.3 is 9.84 Å². The number of aliphatic hydroxyl groups is 1. The van der Waals surface area contributed by atoms with Crippen LogP contribution in [0.3, 0.4) is 0 Å². The standard InChI is InChI=1S/C28H36O2/c1-17-8-18(2)20(4)26(19(17)3)28-13-22-9-23(14-28)12-27(11-22,16-28)24-7-6-21(15-29)10-25(24)30-5/h6-8,10,22-23,29H,9,11-16H2,1-5H3. The Balaban J connectivity index is 1.68. The Hall–Kier alpha value is -1.80. The Kier molecular flexibility index (Phi) is 4.60. The second-order valence-electron chi connectivity index (χ2n) is 10.8. The molecule has 0 aliphatic heterocycles. The van der Waals surface area contributed by atoms with E-state index in [0.29, 0.717) is 5.41 Å². The molecular weight excluding hydrogens is 368 g/mol. The topological polar surface area (TPSA) is 29.5 Å². The molecule has 0 radical (unpaired) electrons. The summed E-state index contributed by atoms with van der Waals surface area (Å²) in [4.78, 5) is 0. The molecular formula is C28H36O2. The van der Waals surface area contributed by atoms with Gasteiger partial charge in [0.1, 0.15) is 5.75 Å². The highest BCUT2D eigenvalue weighted by molar-refractivity contribution is 5.52. The van der Waals surface area contributed by atoms with Gasteiger partial charge in [-0.25, -0.2) is 0 Å². The first-order chi connectivity index (χ1) is 14.3. The summed E-state index contributed by atoms with van der Waals surface area (Å²) in [5, 5.41) is 9.63. The summed E-state index contributed by atoms with van der Waals surface area (Å²) in [5.74, 6) is 2.61. The van der Waals surface area contributed by atoms with E-state index in [-0.39, 0.29) is 12.0 Å². The molecule has 2 aromatic carbocycles. The molecule has 0 heterocycles. The predicted molar refractivity (Wildman–Crippen MR) is 122 cm³/mol. The average Bonchev–Trinajstić information content (AvgIpc) is 2.70. The zero-order valence-corrected chi connectivity index (χ0v) is 19.3. The Labute approximate surface area is 181 Å². The fourth-order valence-corrected chi connectivity index (χ4v) is 8.15. The van der Waals surface area contributed by atoms with E-state index in [9.17, 15) is 5.11 Å². The molecule has 2 unspecified atom stereocenters. The molecule has 2 atom stereocenters. The first-order valence-corrected chi connectivity index (χ1v) is 11.7. The predicted octanol–water partition coefficient (Wildman–Crippen LogP) is 6.21. The van der Waals surface area contributed by atoms with Crippen LogP contribution in [0.5, 0.6) is 5.75 Å². The number of methoxy groups -OCH3 is 1. The maximum atomic E-state index is 9.63. The van der Waals surface area contributed by atoms with Crippen LogP contribution < -0.4 is 4.74 Å². The van der Waals surface area contributed by atoms with Crippen molar-refractivity contribution >= 4 is 0 Å². The molecule has 0 spiro atoms. The molecule has 2 nitrogen and oxygen atoms in total. The van der Waals surface area contributed by atoms with Gasteiger partial charge in [0.15, 0.2) is 0 Å². The summed E-state index contributed by atoms with van der Waals surface area (Å²) in [7, 11) is 1.79. The second kappa shape index (κ2) is 6.85. The molecule has 2 aromatic rings. The fourth-order valence-electron chi connectivity index (χ4n) is 8.15. The van der Waals surface area contributed by atoms with Crippen LogP contribution >= 0.6 is 0 Å². The molecule has 30 heavy (non-hydrogen) atoms. The average molecular weight is 405 g/mol. The minimum absolute atomic E-state index is 0.0692. The number of hydrogen-bond donors (Lipinski definition) is 1. The molecule has 1 N–H and O–H groups in total. The number of aliphatic hydroxyl groups excluding tert-OH is 1. The van der Waals surface area contributed by atoms with E-state index >= 15 is 0 Å². The van der Waals surface area contributed by atoms with Gasteiger partial charge in [-0.15, -0.1) is 0 Å². The van der Waals surface area contributed by atoms with Gasteiger partial charge in [0.25, 0.3) is 0 Å². The summed E-state index contributed by atoms with van der Waals surface area (Å²) in [6.45, 7) is 9.37. The van der Waals surface area contributed by atoms with Gasteiger partial charge in [-0.3, -0.25) is 0 Å². The molecule has 4 saturated carbocycles. The molecule has 0 aromatic heterocycles. The lowest BCUT2D eigenvalue weighted by molar-refractivity contribution is -0.0295. The van der Waals surface area contributed by atoms with Crippen molar-refractivity contribution < 1.29 is 9.84 Å². The summed E-state index contributed by atoms with van der Waals surface area (Å²) in [6.07, 6.45) is 7.95. The Morgan fingerprint density at radius 3 is 2.07 bits per heavy atom. The third-order valence-corrected chi connectivity index (χ3v) is 8.98. The fraction of sp³-hybridized carbons (Fsp3) is 0.571. The van der Waals surface area contributed by atoms with Gasteiger partial charge in [0.05, 0.1) is 13.7 Å². The van der Waals surface area contributed by atoms with Gasteiger partial charge in [0.2, 0.25) is 0 Å². The van der Waals surface area contributed by atoms with Gasteiger partial charge in [0, 0.05) is 11.0 Å². The molecule has 4 bridgehead atoms. The van der Waals surface area contributed by atoms with E-state index < -0.39 is 0 Å². The van der Waals surface area contributed by atoms with Crippen molar-refractivity contribution in [2.45, 2.75) is 83.7 Å². The summed E-state index contributed by atoms with van der Waals surface area (Å²) >= 11 is 0. The smallest absolute Gasteiger partial charge is 0.122 e. The Morgan fingerprint density at radius 2 is 1.50 bits per heavy atom. The monoisotopic (exact) mass is 404 g/mol. The molecule has 0 saturated heterocycles.